The predicted molar refractivity (Wildman–Crippen MR) is 130 cm³/mol. The van der Waals surface area contributed by atoms with Gasteiger partial charge in [-0.2, -0.15) is 5.10 Å². The summed E-state index contributed by atoms with van der Waals surface area (Å²) >= 11 is 6.07. The lowest BCUT2D eigenvalue weighted by Gasteiger charge is -2.26. The predicted octanol–water partition coefficient (Wildman–Crippen LogP) is 4.76. The van der Waals surface area contributed by atoms with Crippen LogP contribution in [0.3, 0.4) is 0 Å². The molecule has 0 bridgehead atoms. The lowest BCUT2D eigenvalue weighted by Crippen LogP contribution is -2.36. The Morgan fingerprint density at radius 2 is 1.65 bits per heavy atom. The van der Waals surface area contributed by atoms with Crippen LogP contribution in [0, 0.1) is 5.82 Å². The molecule has 34 heavy (non-hydrogen) atoms. The van der Waals surface area contributed by atoms with E-state index < -0.39 is 9.84 Å². The van der Waals surface area contributed by atoms with E-state index in [9.17, 15) is 17.6 Å². The van der Waals surface area contributed by atoms with Crippen molar-refractivity contribution < 1.29 is 17.6 Å². The van der Waals surface area contributed by atoms with Gasteiger partial charge < -0.3 is 4.90 Å². The molecule has 3 aromatic rings. The Kier molecular flexibility index (Phi) is 6.04. The van der Waals surface area contributed by atoms with Gasteiger partial charge in [0.25, 0.3) is 5.91 Å². The molecule has 3 heterocycles. The van der Waals surface area contributed by atoms with Crippen LogP contribution in [0.1, 0.15) is 46.6 Å². The van der Waals surface area contributed by atoms with Gasteiger partial charge in [0.15, 0.2) is 15.5 Å². The molecule has 9 heteroatoms. The van der Waals surface area contributed by atoms with E-state index in [1.165, 1.54) is 12.1 Å². The number of hydrogen-bond donors (Lipinski definition) is 0. The summed E-state index contributed by atoms with van der Waals surface area (Å²) in [6, 6.07) is 12.8. The molecule has 0 radical (unpaired) electrons. The van der Waals surface area contributed by atoms with Crippen LogP contribution in [0.2, 0.25) is 5.02 Å². The topological polar surface area (TPSA) is 72.3 Å². The second-order valence-corrected chi connectivity index (χ2v) is 11.2. The van der Waals surface area contributed by atoms with Crippen LogP contribution in [0.25, 0.3) is 17.3 Å². The van der Waals surface area contributed by atoms with Crippen molar-refractivity contribution in [1.82, 2.24) is 14.7 Å². The third-order valence-electron chi connectivity index (χ3n) is 6.16. The van der Waals surface area contributed by atoms with Crippen molar-refractivity contribution in [3.8, 4) is 5.69 Å². The maximum Gasteiger partial charge on any atom is 0.274 e. The van der Waals surface area contributed by atoms with Crippen molar-refractivity contribution in [1.29, 1.82) is 0 Å². The van der Waals surface area contributed by atoms with E-state index in [2.05, 4.69) is 5.10 Å². The Morgan fingerprint density at radius 3 is 2.32 bits per heavy atom. The Morgan fingerprint density at radius 1 is 0.971 bits per heavy atom. The van der Waals surface area contributed by atoms with Crippen LogP contribution in [0.4, 0.5) is 4.39 Å². The molecule has 0 atom stereocenters. The van der Waals surface area contributed by atoms with Crippen LogP contribution in [-0.2, 0) is 15.6 Å². The smallest absolute Gasteiger partial charge is 0.274 e. The first kappa shape index (κ1) is 22.8. The first-order valence-corrected chi connectivity index (χ1v) is 13.3. The quantitative estimate of drug-likeness (QED) is 0.521. The molecule has 5 rings (SSSR count). The number of sulfone groups is 1. The van der Waals surface area contributed by atoms with E-state index >= 15 is 0 Å². The number of amides is 1. The van der Waals surface area contributed by atoms with Gasteiger partial charge in [0.2, 0.25) is 0 Å². The van der Waals surface area contributed by atoms with Gasteiger partial charge >= 0.3 is 0 Å². The Labute approximate surface area is 202 Å². The molecule has 1 fully saturated rings. The summed E-state index contributed by atoms with van der Waals surface area (Å²) in [5, 5.41) is 5.21. The Hall–Kier alpha value is -2.97. The molecular weight excluding hydrogens is 477 g/mol. The fraction of sp³-hybridized carbons (Fsp3) is 0.280. The van der Waals surface area contributed by atoms with Gasteiger partial charge in [-0.3, -0.25) is 4.79 Å². The highest BCUT2D eigenvalue weighted by Gasteiger charge is 2.36. The molecule has 0 spiro atoms. The molecule has 1 aromatic heterocycles. The summed E-state index contributed by atoms with van der Waals surface area (Å²) < 4.78 is 40.9. The first-order chi connectivity index (χ1) is 16.3. The summed E-state index contributed by atoms with van der Waals surface area (Å²) in [6.45, 7) is 1.26. The van der Waals surface area contributed by atoms with Crippen molar-refractivity contribution >= 4 is 39.0 Å². The minimum absolute atomic E-state index is 0.167. The van der Waals surface area contributed by atoms with Gasteiger partial charge in [-0.25, -0.2) is 17.5 Å². The van der Waals surface area contributed by atoms with E-state index in [0.717, 1.165) is 19.3 Å². The highest BCUT2D eigenvalue weighted by atomic mass is 35.5. The van der Waals surface area contributed by atoms with Gasteiger partial charge in [-0.1, -0.05) is 23.7 Å². The second kappa shape index (κ2) is 9.00. The number of nitrogens with zero attached hydrogens (tertiary/aromatic N) is 3. The first-order valence-electron chi connectivity index (χ1n) is 11.1. The number of fused-ring (bicyclic) bond motifs is 1. The minimum atomic E-state index is -3.52. The second-order valence-electron chi connectivity index (χ2n) is 8.67. The number of benzene rings is 2. The van der Waals surface area contributed by atoms with E-state index in [0.29, 0.717) is 46.2 Å². The molecule has 176 valence electrons. The zero-order chi connectivity index (χ0) is 23.9. The lowest BCUT2D eigenvalue weighted by atomic mass is 10.0. The molecule has 6 nitrogen and oxygen atoms in total. The van der Waals surface area contributed by atoms with Crippen molar-refractivity contribution in [2.45, 2.75) is 25.0 Å². The molecule has 2 aliphatic rings. The summed E-state index contributed by atoms with van der Waals surface area (Å²) in [4.78, 5) is 15.2. The number of carbonyl (C=O) groups is 1. The Bertz CT molecular complexity index is 1370. The standard InChI is InChI=1S/C25H23ClFN3O3S/c26-19-6-10-21(11-7-19)30-24-18(14-17-4-8-20(27)9-5-17)15-34(32,33)16-22(24)23(28-30)25(31)29-12-2-1-3-13-29/h4-11,14H,1-3,12-13,15-16H2. The zero-order valence-electron chi connectivity index (χ0n) is 18.4. The average Bonchev–Trinajstić information content (AvgIpc) is 3.19. The van der Waals surface area contributed by atoms with Gasteiger partial charge in [0.05, 0.1) is 22.9 Å². The molecule has 2 aromatic carbocycles. The fourth-order valence-corrected chi connectivity index (χ4v) is 6.19. The van der Waals surface area contributed by atoms with Crippen LogP contribution in [0.15, 0.2) is 48.5 Å². The summed E-state index contributed by atoms with van der Waals surface area (Å²) in [7, 11) is -3.52. The number of rotatable bonds is 3. The van der Waals surface area contributed by atoms with E-state index in [4.69, 9.17) is 11.6 Å². The normalized spacial score (nSPS) is 18.6. The van der Waals surface area contributed by atoms with Gasteiger partial charge in [0, 0.05) is 23.7 Å². The van der Waals surface area contributed by atoms with Gasteiger partial charge in [-0.15, -0.1) is 0 Å². The number of hydrogen-bond acceptors (Lipinski definition) is 4. The van der Waals surface area contributed by atoms with Gasteiger partial charge in [-0.05, 0) is 72.9 Å². The van der Waals surface area contributed by atoms with E-state index in [-0.39, 0.29) is 28.9 Å². The minimum Gasteiger partial charge on any atom is -0.337 e. The summed E-state index contributed by atoms with van der Waals surface area (Å²) in [5.41, 5.74) is 3.00. The summed E-state index contributed by atoms with van der Waals surface area (Å²) in [5.74, 6) is -1.08. The third-order valence-corrected chi connectivity index (χ3v) is 7.89. The molecule has 0 saturated carbocycles. The van der Waals surface area contributed by atoms with Crippen LogP contribution >= 0.6 is 11.6 Å². The van der Waals surface area contributed by atoms with E-state index in [1.54, 1.807) is 52.1 Å². The van der Waals surface area contributed by atoms with E-state index in [1.807, 2.05) is 0 Å². The van der Waals surface area contributed by atoms with Crippen LogP contribution < -0.4 is 0 Å². The van der Waals surface area contributed by atoms with Crippen molar-refractivity contribution in [2.75, 3.05) is 18.8 Å². The third kappa shape index (κ3) is 4.52. The number of aromatic nitrogens is 2. The molecule has 0 N–H and O–H groups in total. The number of piperidine rings is 1. The molecule has 0 aliphatic carbocycles. The van der Waals surface area contributed by atoms with Crippen molar-refractivity contribution in [3.63, 3.8) is 0 Å². The average molecular weight is 500 g/mol. The molecular formula is C25H23ClFN3O3S. The molecule has 2 aliphatic heterocycles. The number of carbonyl (C=O) groups excluding carboxylic acids is 1. The highest BCUT2D eigenvalue weighted by molar-refractivity contribution is 7.91. The summed E-state index contributed by atoms with van der Waals surface area (Å²) in [6.07, 6.45) is 4.62. The SMILES string of the molecule is O=C(c1nn(-c2ccc(Cl)cc2)c2c1CS(=O)(=O)CC2=Cc1ccc(F)cc1)N1CCCCC1. The Balaban J connectivity index is 1.71. The highest BCUT2D eigenvalue weighted by Crippen LogP contribution is 2.35. The zero-order valence-corrected chi connectivity index (χ0v) is 19.9. The van der Waals surface area contributed by atoms with Crippen molar-refractivity contribution in [3.05, 3.63) is 81.9 Å². The number of halogens is 2. The fourth-order valence-electron chi connectivity index (χ4n) is 4.55. The van der Waals surface area contributed by atoms with Crippen molar-refractivity contribution in [2.24, 2.45) is 0 Å². The maximum atomic E-state index is 13.5. The maximum absolute atomic E-state index is 13.5. The largest absolute Gasteiger partial charge is 0.337 e. The lowest BCUT2D eigenvalue weighted by molar-refractivity contribution is 0.0717. The molecule has 1 saturated heterocycles. The molecule has 1 amide bonds. The van der Waals surface area contributed by atoms with Crippen LogP contribution in [-0.4, -0.2) is 47.8 Å². The number of likely N-dealkylation sites (tertiary alicyclic amines) is 1. The monoisotopic (exact) mass is 499 g/mol. The molecule has 0 unspecified atom stereocenters. The van der Waals surface area contributed by atoms with Gasteiger partial charge in [0.1, 0.15) is 5.82 Å². The van der Waals surface area contributed by atoms with Crippen LogP contribution in [0.5, 0.6) is 0 Å².